The van der Waals surface area contributed by atoms with Crippen LogP contribution in [0.1, 0.15) is 49.6 Å². The van der Waals surface area contributed by atoms with Gasteiger partial charge in [-0.2, -0.15) is 10.2 Å². The molecule has 1 unspecified atom stereocenters. The van der Waals surface area contributed by atoms with E-state index in [-0.39, 0.29) is 0 Å². The molecule has 0 aromatic carbocycles. The van der Waals surface area contributed by atoms with Crippen LogP contribution in [0.15, 0.2) is 12.3 Å². The summed E-state index contributed by atoms with van der Waals surface area (Å²) >= 11 is 0. The smallest absolute Gasteiger partial charge is 0.167 e. The van der Waals surface area contributed by atoms with E-state index in [1.54, 1.807) is 0 Å². The van der Waals surface area contributed by atoms with E-state index < -0.39 is 0 Å². The molecule has 0 radical (unpaired) electrons. The fraction of sp³-hybridized carbons (Fsp3) is 0.667. The maximum Gasteiger partial charge on any atom is 0.167 e. The Morgan fingerprint density at radius 1 is 1.38 bits per heavy atom. The van der Waals surface area contributed by atoms with Crippen molar-refractivity contribution in [1.29, 1.82) is 0 Å². The zero-order chi connectivity index (χ0) is 14.7. The van der Waals surface area contributed by atoms with Gasteiger partial charge < -0.3 is 0 Å². The van der Waals surface area contributed by atoms with Crippen LogP contribution in [-0.2, 0) is 13.0 Å². The monoisotopic (exact) mass is 288 g/mol. The topological polar surface area (TPSA) is 62.6 Å². The highest BCUT2D eigenvalue weighted by molar-refractivity contribution is 5.03. The zero-order valence-electron chi connectivity index (χ0n) is 12.9. The predicted octanol–water partition coefficient (Wildman–Crippen LogP) is 2.10. The van der Waals surface area contributed by atoms with Crippen molar-refractivity contribution >= 4 is 0 Å². The molecule has 0 spiro atoms. The predicted molar refractivity (Wildman–Crippen MR) is 80.9 cm³/mol. The van der Waals surface area contributed by atoms with Crippen LogP contribution >= 0.6 is 0 Å². The number of H-pyrrole nitrogens is 1. The van der Waals surface area contributed by atoms with Crippen molar-refractivity contribution in [2.75, 3.05) is 13.1 Å². The lowest BCUT2D eigenvalue weighted by Gasteiger charge is -2.33. The Hall–Kier alpha value is -1.69. The van der Waals surface area contributed by atoms with Crippen LogP contribution in [0.3, 0.4) is 0 Å². The first-order valence-corrected chi connectivity index (χ1v) is 7.91. The van der Waals surface area contributed by atoms with E-state index in [0.29, 0.717) is 6.04 Å². The molecule has 1 N–H and O–H groups in total. The summed E-state index contributed by atoms with van der Waals surface area (Å²) < 4.78 is 2.08. The lowest BCUT2D eigenvalue weighted by molar-refractivity contribution is 0.143. The highest BCUT2D eigenvalue weighted by atomic mass is 15.3. The lowest BCUT2D eigenvalue weighted by Crippen LogP contribution is -2.35. The second kappa shape index (κ2) is 6.39. The van der Waals surface area contributed by atoms with Crippen LogP contribution in [0.4, 0.5) is 0 Å². The van der Waals surface area contributed by atoms with Gasteiger partial charge in [0.25, 0.3) is 0 Å². The van der Waals surface area contributed by atoms with Crippen molar-refractivity contribution in [3.05, 3.63) is 29.6 Å². The summed E-state index contributed by atoms with van der Waals surface area (Å²) in [5.41, 5.74) is 1.31. The third-order valence-corrected chi connectivity index (χ3v) is 4.29. The number of likely N-dealkylation sites (tertiary alicyclic amines) is 1. The van der Waals surface area contributed by atoms with Gasteiger partial charge in [-0.25, -0.2) is 4.98 Å². The average molecular weight is 288 g/mol. The van der Waals surface area contributed by atoms with Crippen LogP contribution in [0, 0.1) is 6.92 Å². The van der Waals surface area contributed by atoms with Crippen molar-refractivity contribution in [2.24, 2.45) is 0 Å². The maximum absolute atomic E-state index is 4.54. The quantitative estimate of drug-likeness (QED) is 0.915. The third-order valence-electron chi connectivity index (χ3n) is 4.29. The lowest BCUT2D eigenvalue weighted by atomic mass is 10.0. The van der Waals surface area contributed by atoms with Crippen LogP contribution in [-0.4, -0.2) is 43.0 Å². The van der Waals surface area contributed by atoms with E-state index in [4.69, 9.17) is 0 Å². The van der Waals surface area contributed by atoms with Gasteiger partial charge in [0.05, 0.1) is 6.04 Å². The average Bonchev–Trinajstić information content (AvgIpc) is 3.13. The summed E-state index contributed by atoms with van der Waals surface area (Å²) in [5, 5.41) is 11.7. The number of hydrogen-bond acceptors (Lipinski definition) is 4. The van der Waals surface area contributed by atoms with E-state index >= 15 is 0 Å². The fourth-order valence-electron chi connectivity index (χ4n) is 3.18. The first kappa shape index (κ1) is 14.3. The fourth-order valence-corrected chi connectivity index (χ4v) is 3.18. The van der Waals surface area contributed by atoms with Gasteiger partial charge >= 0.3 is 0 Å². The minimum atomic E-state index is 0.363. The third kappa shape index (κ3) is 3.15. The minimum absolute atomic E-state index is 0.363. The molecule has 0 saturated carbocycles. The standard InChI is InChI=1S/C15H24N6/c1-3-21-13(7-9-16-21)8-11-20-10-5-4-6-14(20)15-17-12(2)18-19-15/h7,9,14H,3-6,8,10-11H2,1-2H3,(H,17,18,19). The van der Waals surface area contributed by atoms with Gasteiger partial charge in [-0.3, -0.25) is 14.7 Å². The molecule has 1 atom stereocenters. The molecule has 2 aromatic rings. The first-order chi connectivity index (χ1) is 10.3. The second-order valence-corrected chi connectivity index (χ2v) is 5.71. The summed E-state index contributed by atoms with van der Waals surface area (Å²) in [7, 11) is 0. The number of aryl methyl sites for hydroxylation is 2. The molecule has 0 bridgehead atoms. The molecular formula is C15H24N6. The Bertz CT molecular complexity index is 572. The van der Waals surface area contributed by atoms with E-state index in [0.717, 1.165) is 44.1 Å². The molecule has 21 heavy (non-hydrogen) atoms. The zero-order valence-corrected chi connectivity index (χ0v) is 12.9. The molecule has 1 aliphatic rings. The Labute approximate surface area is 125 Å². The Morgan fingerprint density at radius 2 is 2.29 bits per heavy atom. The second-order valence-electron chi connectivity index (χ2n) is 5.71. The van der Waals surface area contributed by atoms with Gasteiger partial charge in [0.15, 0.2) is 5.82 Å². The van der Waals surface area contributed by atoms with Crippen LogP contribution in [0.2, 0.25) is 0 Å². The summed E-state index contributed by atoms with van der Waals surface area (Å²) in [6.07, 6.45) is 6.62. The number of nitrogens with one attached hydrogen (secondary N) is 1. The van der Waals surface area contributed by atoms with Gasteiger partial charge in [0.2, 0.25) is 0 Å². The maximum atomic E-state index is 4.54. The van der Waals surface area contributed by atoms with Gasteiger partial charge in [0.1, 0.15) is 5.82 Å². The van der Waals surface area contributed by atoms with Crippen molar-refractivity contribution in [3.8, 4) is 0 Å². The molecule has 114 valence electrons. The SMILES string of the molecule is CCn1nccc1CCN1CCCCC1c1n[nH]c(C)n1. The first-order valence-electron chi connectivity index (χ1n) is 7.91. The van der Waals surface area contributed by atoms with E-state index in [9.17, 15) is 0 Å². The summed E-state index contributed by atoms with van der Waals surface area (Å²) in [4.78, 5) is 7.06. The van der Waals surface area contributed by atoms with Crippen LogP contribution in [0.5, 0.6) is 0 Å². The van der Waals surface area contributed by atoms with E-state index in [2.05, 4.69) is 42.9 Å². The molecule has 3 rings (SSSR count). The number of piperidine rings is 1. The van der Waals surface area contributed by atoms with Gasteiger partial charge in [-0.15, -0.1) is 0 Å². The Morgan fingerprint density at radius 3 is 3.05 bits per heavy atom. The van der Waals surface area contributed by atoms with Crippen molar-refractivity contribution in [3.63, 3.8) is 0 Å². The summed E-state index contributed by atoms with van der Waals surface area (Å²) in [6, 6.07) is 2.49. The molecule has 6 nitrogen and oxygen atoms in total. The molecule has 1 fully saturated rings. The molecule has 6 heteroatoms. The van der Waals surface area contributed by atoms with E-state index in [1.165, 1.54) is 18.5 Å². The highest BCUT2D eigenvalue weighted by Gasteiger charge is 2.26. The van der Waals surface area contributed by atoms with Gasteiger partial charge in [0, 0.05) is 31.4 Å². The molecule has 3 heterocycles. The van der Waals surface area contributed by atoms with Crippen molar-refractivity contribution in [2.45, 2.75) is 52.1 Å². The van der Waals surface area contributed by atoms with Crippen LogP contribution in [0.25, 0.3) is 0 Å². The number of rotatable bonds is 5. The van der Waals surface area contributed by atoms with Crippen molar-refractivity contribution in [1.82, 2.24) is 29.9 Å². The summed E-state index contributed by atoms with van der Waals surface area (Å²) in [6.45, 7) is 7.22. The van der Waals surface area contributed by atoms with Gasteiger partial charge in [-0.1, -0.05) is 6.42 Å². The number of aromatic nitrogens is 5. The number of hydrogen-bond donors (Lipinski definition) is 1. The molecular weight excluding hydrogens is 264 g/mol. The van der Waals surface area contributed by atoms with E-state index in [1.807, 2.05) is 13.1 Å². The number of aromatic amines is 1. The van der Waals surface area contributed by atoms with Crippen LogP contribution < -0.4 is 0 Å². The Balaban J connectivity index is 1.67. The Kier molecular flexibility index (Phi) is 4.34. The van der Waals surface area contributed by atoms with Gasteiger partial charge in [-0.05, 0) is 39.3 Å². The largest absolute Gasteiger partial charge is 0.293 e. The summed E-state index contributed by atoms with van der Waals surface area (Å²) in [5.74, 6) is 1.86. The normalized spacial score (nSPS) is 20.0. The molecule has 1 saturated heterocycles. The molecule has 0 amide bonds. The highest BCUT2D eigenvalue weighted by Crippen LogP contribution is 2.28. The molecule has 1 aliphatic heterocycles. The molecule has 0 aliphatic carbocycles. The molecule has 2 aromatic heterocycles. The van der Waals surface area contributed by atoms with Crippen molar-refractivity contribution < 1.29 is 0 Å². The minimum Gasteiger partial charge on any atom is -0.293 e. The number of nitrogens with zero attached hydrogens (tertiary/aromatic N) is 5.